The predicted molar refractivity (Wildman–Crippen MR) is 80.8 cm³/mol. The minimum atomic E-state index is -1.09. The molecule has 120 valence electrons. The first-order valence-corrected chi connectivity index (χ1v) is 7.05. The van der Waals surface area contributed by atoms with E-state index in [0.29, 0.717) is 13.1 Å². The van der Waals surface area contributed by atoms with E-state index in [4.69, 9.17) is 5.11 Å². The summed E-state index contributed by atoms with van der Waals surface area (Å²) in [5, 5.41) is 8.95. The third-order valence-corrected chi connectivity index (χ3v) is 3.37. The van der Waals surface area contributed by atoms with Crippen LogP contribution in [0.5, 0.6) is 0 Å². The molecule has 0 unspecified atom stereocenters. The Labute approximate surface area is 129 Å². The Hall–Kier alpha value is -2.44. The lowest BCUT2D eigenvalue weighted by atomic mass is 10.2. The third-order valence-electron chi connectivity index (χ3n) is 3.37. The third kappa shape index (κ3) is 4.03. The van der Waals surface area contributed by atoms with Crippen LogP contribution in [0, 0.1) is 6.92 Å². The number of carbonyl (C=O) groups excluding carboxylic acids is 2. The van der Waals surface area contributed by atoms with Gasteiger partial charge in [-0.25, -0.2) is 9.78 Å². The van der Waals surface area contributed by atoms with Crippen molar-refractivity contribution in [3.63, 3.8) is 0 Å². The molecule has 0 radical (unpaired) electrons. The zero-order valence-corrected chi connectivity index (χ0v) is 13.3. The zero-order valence-electron chi connectivity index (χ0n) is 13.3. The molecule has 2 amide bonds. The summed E-state index contributed by atoms with van der Waals surface area (Å²) in [6, 6.07) is 2.70. The Morgan fingerprint density at radius 3 is 2.23 bits per heavy atom. The van der Waals surface area contributed by atoms with Crippen LogP contribution in [0.1, 0.15) is 40.4 Å². The summed E-state index contributed by atoms with van der Waals surface area (Å²) in [5.41, 5.74) is 0.442. The van der Waals surface area contributed by atoms with Gasteiger partial charge in [0.1, 0.15) is 5.69 Å². The predicted octanol–water partition coefficient (Wildman–Crippen LogP) is 1.03. The summed E-state index contributed by atoms with van der Waals surface area (Å²) in [7, 11) is 1.52. The maximum Gasteiger partial charge on any atom is 0.337 e. The lowest BCUT2D eigenvalue weighted by Crippen LogP contribution is -2.41. The Morgan fingerprint density at radius 2 is 1.77 bits per heavy atom. The molecule has 0 fully saturated rings. The summed E-state index contributed by atoms with van der Waals surface area (Å²) in [6.45, 7) is 6.41. The first kappa shape index (κ1) is 17.6. The molecule has 0 aliphatic heterocycles. The van der Waals surface area contributed by atoms with E-state index in [1.165, 1.54) is 31.0 Å². The second-order valence-corrected chi connectivity index (χ2v) is 4.86. The molecular weight excluding hydrogens is 286 g/mol. The molecule has 7 nitrogen and oxygen atoms in total. The summed E-state index contributed by atoms with van der Waals surface area (Å²) in [5.74, 6) is -1.64. The number of likely N-dealkylation sites (N-methyl/N-ethyl adjacent to an activating group) is 2. The van der Waals surface area contributed by atoms with Crippen molar-refractivity contribution < 1.29 is 19.5 Å². The number of aryl methyl sites for hydroxylation is 1. The van der Waals surface area contributed by atoms with Gasteiger partial charge >= 0.3 is 5.97 Å². The zero-order chi connectivity index (χ0) is 16.9. The van der Waals surface area contributed by atoms with Crippen LogP contribution in [0.25, 0.3) is 0 Å². The Bertz CT molecular complexity index is 582. The minimum absolute atomic E-state index is 0.0398. The number of aromatic nitrogens is 1. The largest absolute Gasteiger partial charge is 0.478 e. The summed E-state index contributed by atoms with van der Waals surface area (Å²) in [4.78, 5) is 42.1. The molecule has 0 aromatic carbocycles. The van der Waals surface area contributed by atoms with Crippen LogP contribution in [-0.2, 0) is 4.79 Å². The topological polar surface area (TPSA) is 90.8 Å². The first-order chi connectivity index (χ1) is 10.3. The Kier molecular flexibility index (Phi) is 6.03. The number of carboxylic acids is 1. The molecule has 1 heterocycles. The normalized spacial score (nSPS) is 10.2. The van der Waals surface area contributed by atoms with Crippen molar-refractivity contribution in [3.05, 3.63) is 29.1 Å². The highest BCUT2D eigenvalue weighted by atomic mass is 16.4. The molecule has 0 atom stereocenters. The number of carbonyl (C=O) groups is 3. The van der Waals surface area contributed by atoms with Crippen LogP contribution in [0.4, 0.5) is 0 Å². The van der Waals surface area contributed by atoms with Crippen molar-refractivity contribution in [1.82, 2.24) is 14.8 Å². The molecular formula is C15H21N3O4. The van der Waals surface area contributed by atoms with E-state index < -0.39 is 11.9 Å². The van der Waals surface area contributed by atoms with Crippen LogP contribution in [0.3, 0.4) is 0 Å². The molecule has 7 heteroatoms. The average Bonchev–Trinajstić information content (AvgIpc) is 2.47. The van der Waals surface area contributed by atoms with Crippen LogP contribution < -0.4 is 0 Å². The molecule has 0 saturated carbocycles. The van der Waals surface area contributed by atoms with Gasteiger partial charge in [-0.2, -0.15) is 0 Å². The van der Waals surface area contributed by atoms with E-state index >= 15 is 0 Å². The molecule has 1 aromatic rings. The number of nitrogens with zero attached hydrogens (tertiary/aromatic N) is 3. The van der Waals surface area contributed by atoms with Gasteiger partial charge in [-0.3, -0.25) is 9.59 Å². The summed E-state index contributed by atoms with van der Waals surface area (Å²) < 4.78 is 0. The molecule has 0 aliphatic carbocycles. The quantitative estimate of drug-likeness (QED) is 0.847. The minimum Gasteiger partial charge on any atom is -0.478 e. The number of rotatable bonds is 6. The number of hydrogen-bond acceptors (Lipinski definition) is 4. The van der Waals surface area contributed by atoms with E-state index in [-0.39, 0.29) is 29.4 Å². The number of carboxylic acid groups (broad SMARTS) is 1. The molecule has 0 aliphatic rings. The van der Waals surface area contributed by atoms with Gasteiger partial charge in [0.15, 0.2) is 0 Å². The van der Waals surface area contributed by atoms with Gasteiger partial charge in [0.05, 0.1) is 17.8 Å². The SMILES string of the molecule is CCN(CC)C(=O)CN(C)C(=O)c1ccc(C(=O)O)c(C)n1. The lowest BCUT2D eigenvalue weighted by molar-refractivity contribution is -0.131. The fourth-order valence-corrected chi connectivity index (χ4v) is 2.05. The van der Waals surface area contributed by atoms with Crippen molar-refractivity contribution >= 4 is 17.8 Å². The highest BCUT2D eigenvalue weighted by Gasteiger charge is 2.20. The van der Waals surface area contributed by atoms with E-state index in [1.807, 2.05) is 13.8 Å². The highest BCUT2D eigenvalue weighted by molar-refractivity contribution is 5.96. The van der Waals surface area contributed by atoms with Gasteiger partial charge in [-0.05, 0) is 32.9 Å². The smallest absolute Gasteiger partial charge is 0.337 e. The van der Waals surface area contributed by atoms with Gasteiger partial charge in [-0.1, -0.05) is 0 Å². The standard InChI is InChI=1S/C15H21N3O4/c1-5-18(6-2)13(19)9-17(4)14(20)12-8-7-11(15(21)22)10(3)16-12/h7-8H,5-6,9H2,1-4H3,(H,21,22). The fraction of sp³-hybridized carbons (Fsp3) is 0.467. The average molecular weight is 307 g/mol. The van der Waals surface area contributed by atoms with Gasteiger partial charge in [0.2, 0.25) is 5.91 Å². The number of aromatic carboxylic acids is 1. The van der Waals surface area contributed by atoms with Crippen LogP contribution in [0.15, 0.2) is 12.1 Å². The highest BCUT2D eigenvalue weighted by Crippen LogP contribution is 2.09. The van der Waals surface area contributed by atoms with Gasteiger partial charge < -0.3 is 14.9 Å². The molecule has 1 aromatic heterocycles. The van der Waals surface area contributed by atoms with E-state index in [9.17, 15) is 14.4 Å². The number of amides is 2. The molecule has 1 rings (SSSR count). The van der Waals surface area contributed by atoms with E-state index in [2.05, 4.69) is 4.98 Å². The van der Waals surface area contributed by atoms with Crippen molar-refractivity contribution in [3.8, 4) is 0 Å². The molecule has 22 heavy (non-hydrogen) atoms. The lowest BCUT2D eigenvalue weighted by Gasteiger charge is -2.23. The number of pyridine rings is 1. The maximum absolute atomic E-state index is 12.3. The van der Waals surface area contributed by atoms with Gasteiger partial charge in [-0.15, -0.1) is 0 Å². The van der Waals surface area contributed by atoms with Crippen molar-refractivity contribution in [2.45, 2.75) is 20.8 Å². The van der Waals surface area contributed by atoms with Crippen LogP contribution in [0.2, 0.25) is 0 Å². The molecule has 1 N–H and O–H groups in total. The second kappa shape index (κ2) is 7.53. The van der Waals surface area contributed by atoms with E-state index in [1.54, 1.807) is 4.90 Å². The monoisotopic (exact) mass is 307 g/mol. The Morgan fingerprint density at radius 1 is 1.18 bits per heavy atom. The fourth-order valence-electron chi connectivity index (χ4n) is 2.05. The summed E-state index contributed by atoms with van der Waals surface area (Å²) >= 11 is 0. The molecule has 0 bridgehead atoms. The van der Waals surface area contributed by atoms with E-state index in [0.717, 1.165) is 0 Å². The van der Waals surface area contributed by atoms with Gasteiger partial charge in [0, 0.05) is 20.1 Å². The van der Waals surface area contributed by atoms with Crippen molar-refractivity contribution in [2.75, 3.05) is 26.7 Å². The number of hydrogen-bond donors (Lipinski definition) is 1. The first-order valence-electron chi connectivity index (χ1n) is 7.05. The summed E-state index contributed by atoms with van der Waals surface area (Å²) in [6.07, 6.45) is 0. The van der Waals surface area contributed by atoms with Crippen LogP contribution >= 0.6 is 0 Å². The van der Waals surface area contributed by atoms with Crippen molar-refractivity contribution in [1.29, 1.82) is 0 Å². The second-order valence-electron chi connectivity index (χ2n) is 4.86. The maximum atomic E-state index is 12.3. The molecule has 0 saturated heterocycles. The van der Waals surface area contributed by atoms with Crippen LogP contribution in [-0.4, -0.2) is 64.4 Å². The Balaban J connectivity index is 2.85. The van der Waals surface area contributed by atoms with Crippen molar-refractivity contribution in [2.24, 2.45) is 0 Å². The van der Waals surface area contributed by atoms with Gasteiger partial charge in [0.25, 0.3) is 5.91 Å². The molecule has 0 spiro atoms.